The average molecular weight is 222 g/mol. The molecule has 0 saturated carbocycles. The fourth-order valence-corrected chi connectivity index (χ4v) is 0. The number of hydrogen-bond donors (Lipinski definition) is 0. The van der Waals surface area contributed by atoms with E-state index in [9.17, 15) is 0 Å². The zero-order valence-electron chi connectivity index (χ0n) is 1.47. The summed E-state index contributed by atoms with van der Waals surface area (Å²) < 4.78 is 0. The Morgan fingerprint density at radius 1 is 1.00 bits per heavy atom. The van der Waals surface area contributed by atoms with E-state index in [1.165, 1.54) is 0 Å². The summed E-state index contributed by atoms with van der Waals surface area (Å²) in [6, 6.07) is 0. The topological polar surface area (TPSA) is 0 Å². The summed E-state index contributed by atoms with van der Waals surface area (Å²) in [5.74, 6) is 0. The van der Waals surface area contributed by atoms with Gasteiger partial charge in [-0.2, -0.15) is 0 Å². The van der Waals surface area contributed by atoms with Crippen molar-refractivity contribution in [3.05, 3.63) is 0 Å². The molecule has 2 radical (unpaired) electrons. The van der Waals surface area contributed by atoms with E-state index >= 15 is 0 Å². The second-order valence-electron chi connectivity index (χ2n) is 0. The molecule has 0 amide bonds. The summed E-state index contributed by atoms with van der Waals surface area (Å²) in [5.41, 5.74) is 0. The van der Waals surface area contributed by atoms with Gasteiger partial charge in [-0.3, -0.25) is 0 Å². The number of rotatable bonds is 0. The summed E-state index contributed by atoms with van der Waals surface area (Å²) >= 11 is 0. The van der Waals surface area contributed by atoms with Crippen molar-refractivity contribution < 1.29 is 68.3 Å². The summed E-state index contributed by atoms with van der Waals surface area (Å²) in [6.07, 6.45) is 0. The van der Waals surface area contributed by atoms with Gasteiger partial charge in [0.2, 0.25) is 0 Å². The van der Waals surface area contributed by atoms with Crippen molar-refractivity contribution in [2.75, 3.05) is 0 Å². The molecule has 0 aliphatic heterocycles. The van der Waals surface area contributed by atoms with E-state index in [-0.39, 0.29) is 68.3 Å². The molecular weight excluding hydrogens is 222 g/mol. The van der Waals surface area contributed by atoms with Gasteiger partial charge < -0.3 is 0 Å². The molecule has 0 aromatic carbocycles. The fourth-order valence-electron chi connectivity index (χ4n) is 0. The molecule has 22 valence electrons. The van der Waals surface area contributed by atoms with Gasteiger partial charge in [0.05, 0.1) is 0 Å². The Morgan fingerprint density at radius 2 is 1.00 bits per heavy atom. The van der Waals surface area contributed by atoms with Crippen molar-refractivity contribution in [2.45, 2.75) is 0 Å². The van der Waals surface area contributed by atoms with Crippen LogP contribution in [0.3, 0.4) is 0 Å². The van der Waals surface area contributed by atoms with Crippen molar-refractivity contribution in [1.29, 1.82) is 0 Å². The Morgan fingerprint density at radius 3 is 1.00 bits per heavy atom. The molecule has 0 rings (SSSR count). The van der Waals surface area contributed by atoms with Gasteiger partial charge in [0.15, 0.2) is 0 Å². The first-order valence-electron chi connectivity index (χ1n) is 0. The maximum atomic E-state index is 0. The largest absolute Gasteiger partial charge is 2.00 e. The van der Waals surface area contributed by atoms with Crippen LogP contribution in [0, 0.1) is 0 Å². The predicted octanol–water partition coefficient (Wildman–Crippen LogP) is -0.0100. The Kier molecular flexibility index (Phi) is 177. The van der Waals surface area contributed by atoms with Crippen LogP contribution >= 0.6 is 0 Å². The quantitative estimate of drug-likeness (QED) is 0.505. The standard InChI is InChI=1S/Co.Cr.Fe.Mn/q4*+2. The molecule has 0 unspecified atom stereocenters. The van der Waals surface area contributed by atoms with Crippen molar-refractivity contribution in [3.63, 3.8) is 0 Å². The fraction of sp³-hybridized carbons (Fsp3) is 0. The zero-order valence-corrected chi connectivity index (χ0v) is 6.07. The first kappa shape index (κ1) is 36.3. The van der Waals surface area contributed by atoms with Crippen molar-refractivity contribution in [1.82, 2.24) is 0 Å². The van der Waals surface area contributed by atoms with E-state index in [4.69, 9.17) is 0 Å². The molecule has 4 heavy (non-hydrogen) atoms. The minimum atomic E-state index is 0. The molecule has 0 spiro atoms. The second kappa shape index (κ2) is 19.6. The third-order valence-corrected chi connectivity index (χ3v) is 0. The summed E-state index contributed by atoms with van der Waals surface area (Å²) in [7, 11) is 0. The van der Waals surface area contributed by atoms with Crippen LogP contribution in [0.4, 0.5) is 0 Å². The van der Waals surface area contributed by atoms with Gasteiger partial charge in [0.1, 0.15) is 0 Å². The van der Waals surface area contributed by atoms with Gasteiger partial charge in [-0.25, -0.2) is 0 Å². The molecule has 0 aromatic rings. The minimum absolute atomic E-state index is 0. The molecule has 0 aromatic heterocycles. The first-order chi connectivity index (χ1) is 0. The third-order valence-electron chi connectivity index (χ3n) is 0. The van der Waals surface area contributed by atoms with Gasteiger partial charge in [-0.15, -0.1) is 0 Å². The van der Waals surface area contributed by atoms with Crippen LogP contribution in [0.2, 0.25) is 0 Å². The maximum absolute atomic E-state index is 0. The van der Waals surface area contributed by atoms with E-state index in [1.807, 2.05) is 0 Å². The van der Waals surface area contributed by atoms with E-state index in [0.29, 0.717) is 0 Å². The molecule has 0 atom stereocenters. The zero-order chi connectivity index (χ0) is 0. The van der Waals surface area contributed by atoms with E-state index in [2.05, 4.69) is 0 Å². The van der Waals surface area contributed by atoms with Gasteiger partial charge in [0.25, 0.3) is 0 Å². The maximum Gasteiger partial charge on any atom is 2.00 e. The third kappa shape index (κ3) is 8.95. The van der Waals surface area contributed by atoms with Gasteiger partial charge in [-0.1, -0.05) is 0 Å². The van der Waals surface area contributed by atoms with Crippen LogP contribution in [0.25, 0.3) is 0 Å². The molecule has 0 bridgehead atoms. The Balaban J connectivity index is 0. The van der Waals surface area contributed by atoms with Crippen molar-refractivity contribution in [2.24, 2.45) is 0 Å². The van der Waals surface area contributed by atoms with Crippen LogP contribution in [0.1, 0.15) is 0 Å². The van der Waals surface area contributed by atoms with E-state index in [1.54, 1.807) is 0 Å². The molecule has 0 aliphatic carbocycles. The normalized spacial score (nSPS) is 0. The molecule has 0 heterocycles. The van der Waals surface area contributed by atoms with Crippen molar-refractivity contribution in [3.8, 4) is 0 Å². The second-order valence-corrected chi connectivity index (χ2v) is 0. The van der Waals surface area contributed by atoms with Gasteiger partial charge >= 0.3 is 68.3 Å². The first-order valence-corrected chi connectivity index (χ1v) is 0. The Bertz CT molecular complexity index is 8.00. The molecular formula is CoCrFeMn+8. The Labute approximate surface area is 67.8 Å². The van der Waals surface area contributed by atoms with Crippen molar-refractivity contribution >= 4 is 0 Å². The summed E-state index contributed by atoms with van der Waals surface area (Å²) in [4.78, 5) is 0. The minimum Gasteiger partial charge on any atom is 2.00 e. The molecule has 0 fully saturated rings. The van der Waals surface area contributed by atoms with Crippen LogP contribution in [0.5, 0.6) is 0 Å². The molecule has 0 aliphatic rings. The Hall–Kier alpha value is 2.08. The van der Waals surface area contributed by atoms with Crippen LogP contribution < -0.4 is 0 Å². The SMILES string of the molecule is [Co+2].[Cr+2].[Fe+2].[Mn+2]. The monoisotopic (exact) mass is 222 g/mol. The van der Waals surface area contributed by atoms with Crippen LogP contribution in [-0.2, 0) is 68.3 Å². The van der Waals surface area contributed by atoms with E-state index in [0.717, 1.165) is 0 Å². The molecule has 0 saturated heterocycles. The van der Waals surface area contributed by atoms with Gasteiger partial charge in [-0.05, 0) is 0 Å². The van der Waals surface area contributed by atoms with Crippen LogP contribution in [0.15, 0.2) is 0 Å². The predicted molar refractivity (Wildman–Crippen MR) is 0 cm³/mol. The van der Waals surface area contributed by atoms with E-state index < -0.39 is 0 Å². The smallest absolute Gasteiger partial charge is 2.00 e. The summed E-state index contributed by atoms with van der Waals surface area (Å²) in [5, 5.41) is 0. The number of hydrogen-bond acceptors (Lipinski definition) is 0. The molecule has 0 nitrogen and oxygen atoms in total. The summed E-state index contributed by atoms with van der Waals surface area (Å²) in [6.45, 7) is 0. The van der Waals surface area contributed by atoms with Crippen LogP contribution in [-0.4, -0.2) is 0 Å². The molecule has 4 heteroatoms. The molecule has 0 N–H and O–H groups in total. The van der Waals surface area contributed by atoms with Gasteiger partial charge in [0, 0.05) is 0 Å². The average Bonchev–Trinajstić information content (AvgIpc) is 0.